The van der Waals surface area contributed by atoms with Crippen molar-refractivity contribution >= 4 is 11.9 Å². The molecular formula is C32H35N3O6. The third-order valence-corrected chi connectivity index (χ3v) is 6.73. The van der Waals surface area contributed by atoms with Crippen LogP contribution in [0, 0.1) is 10.4 Å². The Kier molecular flexibility index (Phi) is 8.97. The highest BCUT2D eigenvalue weighted by atomic mass is 16.6. The van der Waals surface area contributed by atoms with E-state index in [2.05, 4.69) is 0 Å². The Bertz CT molecular complexity index is 1470. The Labute approximate surface area is 240 Å². The number of ether oxygens (including phenoxy) is 3. The number of pyridine rings is 2. The van der Waals surface area contributed by atoms with Crippen LogP contribution in [-0.4, -0.2) is 25.9 Å². The van der Waals surface area contributed by atoms with Crippen molar-refractivity contribution in [1.29, 1.82) is 0 Å². The van der Waals surface area contributed by atoms with Crippen LogP contribution in [-0.2, 0) is 17.8 Å². The van der Waals surface area contributed by atoms with Crippen molar-refractivity contribution in [3.05, 3.63) is 124 Å². The van der Waals surface area contributed by atoms with Crippen LogP contribution in [0.4, 0.5) is 10.6 Å². The summed E-state index contributed by atoms with van der Waals surface area (Å²) in [6.07, 6.45) is 4.26. The molecule has 2 heterocycles. The minimum atomic E-state index is -0.734. The van der Waals surface area contributed by atoms with Crippen molar-refractivity contribution in [2.45, 2.75) is 45.3 Å². The van der Waals surface area contributed by atoms with Gasteiger partial charge in [0.1, 0.15) is 12.1 Å². The fourth-order valence-corrected chi connectivity index (χ4v) is 4.68. The molecule has 4 aromatic rings. The number of methoxy groups -OCH3 is 2. The molecule has 9 heteroatoms. The zero-order valence-corrected chi connectivity index (χ0v) is 23.9. The summed E-state index contributed by atoms with van der Waals surface area (Å²) in [5.41, 5.74) is 2.65. The minimum absolute atomic E-state index is 0.0883. The molecule has 0 N–H and O–H groups in total. The molecule has 9 nitrogen and oxygen atoms in total. The van der Waals surface area contributed by atoms with E-state index in [9.17, 15) is 15.2 Å². The molecule has 0 bridgehead atoms. The van der Waals surface area contributed by atoms with Crippen molar-refractivity contribution in [1.82, 2.24) is 0 Å². The van der Waals surface area contributed by atoms with Crippen molar-refractivity contribution in [2.24, 2.45) is 0 Å². The number of benzene rings is 2. The monoisotopic (exact) mass is 557 g/mol. The van der Waals surface area contributed by atoms with E-state index in [1.165, 1.54) is 23.5 Å². The fourth-order valence-electron chi connectivity index (χ4n) is 4.68. The second-order valence-corrected chi connectivity index (χ2v) is 10.6. The first-order valence-electron chi connectivity index (χ1n) is 13.2. The number of nitrogens with zero attached hydrogens (tertiary/aromatic N) is 3. The van der Waals surface area contributed by atoms with Crippen LogP contribution in [0.25, 0.3) is 0 Å². The number of hydrogen-bond acceptors (Lipinski definition) is 6. The molecule has 1 amide bonds. The van der Waals surface area contributed by atoms with Gasteiger partial charge in [0.25, 0.3) is 5.82 Å². The van der Waals surface area contributed by atoms with E-state index >= 15 is 0 Å². The Morgan fingerprint density at radius 2 is 1.51 bits per heavy atom. The lowest BCUT2D eigenvalue weighted by Gasteiger charge is -2.29. The zero-order chi connectivity index (χ0) is 29.6. The van der Waals surface area contributed by atoms with E-state index < -0.39 is 11.6 Å². The molecule has 0 aliphatic heterocycles. The summed E-state index contributed by atoms with van der Waals surface area (Å²) in [5, 5.41) is 25.2. The predicted molar refractivity (Wildman–Crippen MR) is 155 cm³/mol. The second-order valence-electron chi connectivity index (χ2n) is 10.6. The highest BCUT2D eigenvalue weighted by molar-refractivity contribution is 5.87. The van der Waals surface area contributed by atoms with Gasteiger partial charge in [0, 0.05) is 24.1 Å². The average molecular weight is 558 g/mol. The molecule has 0 radical (unpaired) electrons. The number of anilines is 1. The van der Waals surface area contributed by atoms with Crippen LogP contribution >= 0.6 is 0 Å². The summed E-state index contributed by atoms with van der Waals surface area (Å²) in [4.78, 5) is 14.6. The molecule has 0 saturated carbocycles. The lowest BCUT2D eigenvalue weighted by molar-refractivity contribution is -0.605. The number of rotatable bonds is 9. The lowest BCUT2D eigenvalue weighted by Crippen LogP contribution is -2.51. The van der Waals surface area contributed by atoms with Gasteiger partial charge in [-0.05, 0) is 67.6 Å². The van der Waals surface area contributed by atoms with Crippen LogP contribution in [0.3, 0.4) is 0 Å². The van der Waals surface area contributed by atoms with Crippen molar-refractivity contribution in [2.75, 3.05) is 19.1 Å². The fraction of sp³-hybridized carbons (Fsp3) is 0.281. The molecular weight excluding hydrogens is 522 g/mol. The minimum Gasteiger partial charge on any atom is -0.711 e. The maximum Gasteiger partial charge on any atom is 0.507 e. The first kappa shape index (κ1) is 29.2. The van der Waals surface area contributed by atoms with E-state index in [0.29, 0.717) is 22.7 Å². The summed E-state index contributed by atoms with van der Waals surface area (Å²) in [7, 11) is 3.14. The summed E-state index contributed by atoms with van der Waals surface area (Å²) in [5.74, 6) is 1.04. The first-order chi connectivity index (χ1) is 19.6. The van der Waals surface area contributed by atoms with E-state index in [4.69, 9.17) is 14.2 Å². The van der Waals surface area contributed by atoms with Gasteiger partial charge in [-0.1, -0.05) is 36.4 Å². The molecule has 0 fully saturated rings. The molecule has 41 heavy (non-hydrogen) atoms. The van der Waals surface area contributed by atoms with Gasteiger partial charge < -0.3 is 24.6 Å². The Morgan fingerprint density at radius 1 is 0.854 bits per heavy atom. The molecule has 2 aromatic carbocycles. The lowest BCUT2D eigenvalue weighted by atomic mass is 9.86. The van der Waals surface area contributed by atoms with E-state index in [-0.39, 0.29) is 18.3 Å². The normalized spacial score (nSPS) is 11.9. The van der Waals surface area contributed by atoms with Gasteiger partial charge in [0.15, 0.2) is 23.9 Å². The van der Waals surface area contributed by atoms with Crippen LogP contribution in [0.5, 0.6) is 11.5 Å². The van der Waals surface area contributed by atoms with Gasteiger partial charge >= 0.3 is 6.09 Å². The third kappa shape index (κ3) is 7.05. The van der Waals surface area contributed by atoms with Gasteiger partial charge in [-0.15, -0.1) is 0 Å². The molecule has 0 saturated heterocycles. The standard InChI is InChI=1S/C32H35N3O6/c1-32(2,3)35(31(36)41-22-24-9-7-6-8-10-24)30-14-12-26(21-34(30)38)27(19-23-15-17-33(37)18-16-23)25-11-13-28(39-4)29(20-25)40-5/h6-18,20-21,27H,19,22H2,1-5H3. The number of hydrogen-bond donors (Lipinski definition) is 0. The van der Waals surface area contributed by atoms with Crippen molar-refractivity contribution in [3.8, 4) is 11.5 Å². The molecule has 0 aliphatic carbocycles. The topological polar surface area (TPSA) is 102 Å². The summed E-state index contributed by atoms with van der Waals surface area (Å²) in [6, 6.07) is 22.0. The summed E-state index contributed by atoms with van der Waals surface area (Å²) >= 11 is 0. The largest absolute Gasteiger partial charge is 0.711 e. The Balaban J connectivity index is 1.70. The van der Waals surface area contributed by atoms with Crippen LogP contribution in [0.2, 0.25) is 0 Å². The SMILES string of the molecule is COc1ccc(C(Cc2cc[n+]([O-])cc2)c2ccc(N(C(=O)OCc3ccccc3)C(C)(C)C)[n+]([O-])c2)cc1OC. The number of amides is 1. The average Bonchev–Trinajstić information content (AvgIpc) is 2.96. The molecule has 0 aliphatic rings. The number of carbonyl (C=O) groups is 1. The van der Waals surface area contributed by atoms with Crippen LogP contribution in [0.1, 0.15) is 48.9 Å². The number of aromatic nitrogens is 2. The van der Waals surface area contributed by atoms with E-state index in [0.717, 1.165) is 27.0 Å². The summed E-state index contributed by atoms with van der Waals surface area (Å²) < 4.78 is 18.0. The van der Waals surface area contributed by atoms with Gasteiger partial charge in [0.2, 0.25) is 0 Å². The van der Waals surface area contributed by atoms with Gasteiger partial charge in [-0.2, -0.15) is 14.4 Å². The smallest absolute Gasteiger partial charge is 0.507 e. The molecule has 214 valence electrons. The Hall–Kier alpha value is -4.79. The Morgan fingerprint density at radius 3 is 2.12 bits per heavy atom. The quantitative estimate of drug-likeness (QED) is 0.205. The molecule has 4 rings (SSSR count). The molecule has 1 unspecified atom stereocenters. The van der Waals surface area contributed by atoms with E-state index in [1.54, 1.807) is 32.4 Å². The third-order valence-electron chi connectivity index (χ3n) is 6.73. The molecule has 1 atom stereocenters. The van der Waals surface area contributed by atoms with E-state index in [1.807, 2.05) is 75.4 Å². The van der Waals surface area contributed by atoms with Gasteiger partial charge in [-0.25, -0.2) is 4.73 Å². The van der Waals surface area contributed by atoms with Gasteiger partial charge in [0.05, 0.1) is 20.4 Å². The summed E-state index contributed by atoms with van der Waals surface area (Å²) in [6.45, 7) is 5.61. The molecule has 2 aromatic heterocycles. The maximum atomic E-state index is 13.5. The van der Waals surface area contributed by atoms with Crippen LogP contribution in [0.15, 0.2) is 91.4 Å². The number of carbonyl (C=O) groups excluding carboxylic acids is 1. The molecule has 0 spiro atoms. The second kappa shape index (κ2) is 12.6. The zero-order valence-electron chi connectivity index (χ0n) is 23.9. The van der Waals surface area contributed by atoms with Gasteiger partial charge in [-0.3, -0.25) is 0 Å². The highest BCUT2D eigenvalue weighted by Gasteiger charge is 2.39. The maximum absolute atomic E-state index is 13.5. The van der Waals surface area contributed by atoms with Crippen LogP contribution < -0.4 is 23.8 Å². The van der Waals surface area contributed by atoms with Crippen molar-refractivity contribution < 1.29 is 28.5 Å². The van der Waals surface area contributed by atoms with Crippen molar-refractivity contribution in [3.63, 3.8) is 0 Å². The highest BCUT2D eigenvalue weighted by Crippen LogP contribution is 2.35. The predicted octanol–water partition coefficient (Wildman–Crippen LogP) is 5.29. The first-order valence-corrected chi connectivity index (χ1v) is 13.2.